The third-order valence-corrected chi connectivity index (χ3v) is 11.3. The number of aliphatic hydroxyl groups is 1. The number of aryl methyl sites for hydroxylation is 1. The van der Waals surface area contributed by atoms with Crippen molar-refractivity contribution >= 4 is 0 Å². The first-order chi connectivity index (χ1) is 15.2. The predicted octanol–water partition coefficient (Wildman–Crippen LogP) is 6.69. The molecule has 4 saturated carbocycles. The second kappa shape index (κ2) is 8.22. The Balaban J connectivity index is 1.29. The first-order valence-electron chi connectivity index (χ1n) is 13.4. The maximum Gasteiger partial charge on any atom is 0.119 e. The Morgan fingerprint density at radius 3 is 2.50 bits per heavy atom. The monoisotopic (exact) mass is 440 g/mol. The van der Waals surface area contributed by atoms with Crippen LogP contribution in [0.1, 0.15) is 90.5 Å². The third kappa shape index (κ3) is 3.58. The molecule has 4 aliphatic rings. The minimum atomic E-state index is -0.0545. The molecule has 3 nitrogen and oxygen atoms in total. The molecule has 1 aromatic carbocycles. The zero-order valence-corrected chi connectivity index (χ0v) is 20.4. The van der Waals surface area contributed by atoms with Crippen LogP contribution >= 0.6 is 0 Å². The smallest absolute Gasteiger partial charge is 0.119 e. The summed E-state index contributed by atoms with van der Waals surface area (Å²) in [7, 11) is 0. The van der Waals surface area contributed by atoms with E-state index in [9.17, 15) is 15.3 Å². The fourth-order valence-corrected chi connectivity index (χ4v) is 9.57. The summed E-state index contributed by atoms with van der Waals surface area (Å²) in [5.74, 6) is 5.33. The third-order valence-electron chi connectivity index (χ3n) is 11.3. The molecule has 3 N–H and O–H groups in total. The van der Waals surface area contributed by atoms with E-state index < -0.39 is 0 Å². The lowest BCUT2D eigenvalue weighted by Crippen LogP contribution is -2.54. The first kappa shape index (κ1) is 22.6. The van der Waals surface area contributed by atoms with Gasteiger partial charge in [0.2, 0.25) is 0 Å². The zero-order chi connectivity index (χ0) is 22.7. The summed E-state index contributed by atoms with van der Waals surface area (Å²) in [6.07, 6.45) is 13.4. The number of benzene rings is 1. The number of hydrogen-bond acceptors (Lipinski definition) is 3. The van der Waals surface area contributed by atoms with Crippen LogP contribution < -0.4 is 0 Å². The van der Waals surface area contributed by atoms with Crippen molar-refractivity contribution in [1.29, 1.82) is 0 Å². The standard InChI is InChI=1S/C29H44O3/c1-18(4-5-19-16-21(30)7-11-27(19)32)24-9-10-25-23-8-6-20-17-22(31)12-14-28(20,2)26(23)13-15-29(24,25)3/h7,11,16,18,20,22-26,30-32H,4-6,8-10,12-15,17H2,1-3H3/t18-,20-,22-,23+,24-,25+,26+,28+,29-/m1/s1. The van der Waals surface area contributed by atoms with Crippen molar-refractivity contribution in [2.75, 3.05) is 0 Å². The van der Waals surface area contributed by atoms with E-state index in [0.29, 0.717) is 22.5 Å². The summed E-state index contributed by atoms with van der Waals surface area (Å²) in [5, 5.41) is 30.3. The van der Waals surface area contributed by atoms with Gasteiger partial charge in [-0.1, -0.05) is 20.8 Å². The number of rotatable bonds is 4. The lowest BCUT2D eigenvalue weighted by atomic mass is 9.44. The molecule has 4 aliphatic carbocycles. The van der Waals surface area contributed by atoms with E-state index in [2.05, 4.69) is 20.8 Å². The largest absolute Gasteiger partial charge is 0.508 e. The Morgan fingerprint density at radius 1 is 0.938 bits per heavy atom. The van der Waals surface area contributed by atoms with E-state index in [1.54, 1.807) is 18.2 Å². The van der Waals surface area contributed by atoms with Gasteiger partial charge in [-0.05, 0) is 141 Å². The van der Waals surface area contributed by atoms with Crippen LogP contribution in [0, 0.1) is 46.3 Å². The normalized spacial score (nSPS) is 44.4. The van der Waals surface area contributed by atoms with Gasteiger partial charge in [-0.25, -0.2) is 0 Å². The molecule has 3 heteroatoms. The molecule has 9 atom stereocenters. The van der Waals surface area contributed by atoms with E-state index in [-0.39, 0.29) is 11.9 Å². The van der Waals surface area contributed by atoms with Gasteiger partial charge in [0.25, 0.3) is 0 Å². The fourth-order valence-electron chi connectivity index (χ4n) is 9.57. The van der Waals surface area contributed by atoms with Crippen LogP contribution in [-0.4, -0.2) is 21.4 Å². The highest BCUT2D eigenvalue weighted by atomic mass is 16.3. The zero-order valence-electron chi connectivity index (χ0n) is 20.4. The molecule has 32 heavy (non-hydrogen) atoms. The number of hydrogen-bond donors (Lipinski definition) is 3. The molecule has 0 saturated heterocycles. The average Bonchev–Trinajstić information content (AvgIpc) is 3.12. The molecule has 4 fully saturated rings. The van der Waals surface area contributed by atoms with E-state index in [1.165, 1.54) is 44.9 Å². The summed E-state index contributed by atoms with van der Waals surface area (Å²) < 4.78 is 0. The first-order valence-corrected chi connectivity index (χ1v) is 13.4. The van der Waals surface area contributed by atoms with Crippen molar-refractivity contribution in [3.8, 4) is 11.5 Å². The van der Waals surface area contributed by atoms with Crippen molar-refractivity contribution in [1.82, 2.24) is 0 Å². The minimum Gasteiger partial charge on any atom is -0.508 e. The van der Waals surface area contributed by atoms with Crippen molar-refractivity contribution in [3.05, 3.63) is 23.8 Å². The highest BCUT2D eigenvalue weighted by Gasteiger charge is 2.60. The minimum absolute atomic E-state index is 0.0545. The average molecular weight is 441 g/mol. The van der Waals surface area contributed by atoms with Crippen LogP contribution in [0.25, 0.3) is 0 Å². The van der Waals surface area contributed by atoms with Crippen LogP contribution in [0.2, 0.25) is 0 Å². The fraction of sp³-hybridized carbons (Fsp3) is 0.793. The Labute approximate surface area is 194 Å². The molecule has 0 spiro atoms. The van der Waals surface area contributed by atoms with Gasteiger partial charge in [-0.15, -0.1) is 0 Å². The maximum atomic E-state index is 10.3. The van der Waals surface area contributed by atoms with Crippen LogP contribution in [0.4, 0.5) is 0 Å². The van der Waals surface area contributed by atoms with Gasteiger partial charge in [0.15, 0.2) is 0 Å². The highest BCUT2D eigenvalue weighted by Crippen LogP contribution is 2.68. The molecule has 0 aromatic heterocycles. The van der Waals surface area contributed by atoms with Crippen molar-refractivity contribution < 1.29 is 15.3 Å². The van der Waals surface area contributed by atoms with Crippen molar-refractivity contribution in [2.45, 2.75) is 97.5 Å². The molecular weight excluding hydrogens is 396 g/mol. The van der Waals surface area contributed by atoms with Gasteiger partial charge >= 0.3 is 0 Å². The molecule has 178 valence electrons. The number of phenols is 2. The Hall–Kier alpha value is -1.22. The number of fused-ring (bicyclic) bond motifs is 5. The molecule has 0 heterocycles. The summed E-state index contributed by atoms with van der Waals surface area (Å²) in [6, 6.07) is 4.91. The van der Waals surface area contributed by atoms with Gasteiger partial charge in [0, 0.05) is 0 Å². The quantitative estimate of drug-likeness (QED) is 0.457. The maximum absolute atomic E-state index is 10.3. The Bertz CT molecular complexity index is 836. The van der Waals surface area contributed by atoms with E-state index >= 15 is 0 Å². The molecule has 0 bridgehead atoms. The molecule has 0 unspecified atom stereocenters. The van der Waals surface area contributed by atoms with Crippen LogP contribution in [0.5, 0.6) is 11.5 Å². The molecule has 0 aliphatic heterocycles. The van der Waals surface area contributed by atoms with E-state index in [0.717, 1.165) is 60.8 Å². The Morgan fingerprint density at radius 2 is 1.69 bits per heavy atom. The van der Waals surface area contributed by atoms with Gasteiger partial charge in [0.1, 0.15) is 11.5 Å². The predicted molar refractivity (Wildman–Crippen MR) is 128 cm³/mol. The van der Waals surface area contributed by atoms with Crippen molar-refractivity contribution in [2.24, 2.45) is 46.3 Å². The van der Waals surface area contributed by atoms with Gasteiger partial charge in [-0.3, -0.25) is 0 Å². The molecule has 1 aromatic rings. The highest BCUT2D eigenvalue weighted by molar-refractivity contribution is 5.38. The lowest BCUT2D eigenvalue weighted by Gasteiger charge is -2.61. The molecule has 0 radical (unpaired) electrons. The van der Waals surface area contributed by atoms with Crippen LogP contribution in [0.3, 0.4) is 0 Å². The van der Waals surface area contributed by atoms with E-state index in [1.807, 2.05) is 0 Å². The second-order valence-electron chi connectivity index (χ2n) is 12.6. The van der Waals surface area contributed by atoms with Gasteiger partial charge in [-0.2, -0.15) is 0 Å². The number of aliphatic hydroxyl groups excluding tert-OH is 1. The van der Waals surface area contributed by atoms with Gasteiger partial charge in [0.05, 0.1) is 6.10 Å². The SMILES string of the molecule is C[C@H](CCc1cc(O)ccc1O)[C@H]1CC[C@H]2[C@@H]3CC[C@@H]4C[C@H](O)CC[C@]4(C)[C@H]3CC[C@]12C. The number of phenolic OH excluding ortho intramolecular Hbond substituents is 2. The van der Waals surface area contributed by atoms with Gasteiger partial charge < -0.3 is 15.3 Å². The van der Waals surface area contributed by atoms with Crippen molar-refractivity contribution in [3.63, 3.8) is 0 Å². The summed E-state index contributed by atoms with van der Waals surface area (Å²) >= 11 is 0. The van der Waals surface area contributed by atoms with E-state index in [4.69, 9.17) is 0 Å². The molecule has 5 rings (SSSR count). The lowest BCUT2D eigenvalue weighted by molar-refractivity contribution is -0.129. The van der Waals surface area contributed by atoms with Crippen LogP contribution in [0.15, 0.2) is 18.2 Å². The second-order valence-corrected chi connectivity index (χ2v) is 12.6. The summed E-state index contributed by atoms with van der Waals surface area (Å²) in [6.45, 7) is 7.64. The molecule has 0 amide bonds. The summed E-state index contributed by atoms with van der Waals surface area (Å²) in [4.78, 5) is 0. The van der Waals surface area contributed by atoms with Crippen LogP contribution in [-0.2, 0) is 6.42 Å². The Kier molecular flexibility index (Phi) is 5.80. The topological polar surface area (TPSA) is 60.7 Å². The number of aromatic hydroxyl groups is 2. The summed E-state index contributed by atoms with van der Waals surface area (Å²) in [5.41, 5.74) is 1.80. The molecular formula is C29H44O3.